The molecule has 1 aliphatic heterocycles. The fourth-order valence-corrected chi connectivity index (χ4v) is 1.35. The Hall–Kier alpha value is -0.240. The summed E-state index contributed by atoms with van der Waals surface area (Å²) >= 11 is 0. The Morgan fingerprint density at radius 2 is 2.00 bits per heavy atom. The van der Waals surface area contributed by atoms with Gasteiger partial charge in [0.2, 0.25) is 0 Å². The largest absolute Gasteiger partial charge is 0.389 e. The lowest BCUT2D eigenvalue weighted by Crippen LogP contribution is -2.63. The van der Waals surface area contributed by atoms with Crippen LogP contribution in [0.3, 0.4) is 0 Å². The number of methoxy groups -OCH3 is 1. The highest BCUT2D eigenvalue weighted by Gasteiger charge is 2.41. The van der Waals surface area contributed by atoms with E-state index in [1.807, 2.05) is 0 Å². The fraction of sp³-hybridized carbons (Fsp3) is 1.00. The van der Waals surface area contributed by atoms with Gasteiger partial charge in [0, 0.05) is 13.7 Å². The molecule has 6 nitrogen and oxygen atoms in total. The molecule has 1 rings (SSSR count). The lowest BCUT2D eigenvalue weighted by Gasteiger charge is -2.40. The van der Waals surface area contributed by atoms with Crippen molar-refractivity contribution in [2.45, 2.75) is 30.6 Å². The first kappa shape index (κ1) is 10.8. The molecule has 1 fully saturated rings. The van der Waals surface area contributed by atoms with Crippen LogP contribution < -0.4 is 11.5 Å². The average Bonchev–Trinajstić information content (AvgIpc) is 2.15. The predicted octanol–water partition coefficient (Wildman–Crippen LogP) is -2.63. The highest BCUT2D eigenvalue weighted by atomic mass is 16.7. The summed E-state index contributed by atoms with van der Waals surface area (Å²) in [7, 11) is 1.39. The second-order valence-corrected chi connectivity index (χ2v) is 3.07. The van der Waals surface area contributed by atoms with Gasteiger partial charge in [0.25, 0.3) is 0 Å². The standard InChI is InChI=1S/C7H16N2O4/c1-12-7-6(11)4(9)5(10)3(2-8)13-7/h3-7,10-11H,2,8-9H2,1H3/t3-,4+,5-,6-,7+/m1/s1. The van der Waals surface area contributed by atoms with Crippen LogP contribution in [0.1, 0.15) is 0 Å². The minimum Gasteiger partial charge on any atom is -0.389 e. The van der Waals surface area contributed by atoms with Gasteiger partial charge in [-0.25, -0.2) is 0 Å². The first-order chi connectivity index (χ1) is 6.11. The number of nitrogens with two attached hydrogens (primary N) is 2. The summed E-state index contributed by atoms with van der Waals surface area (Å²) in [6.45, 7) is 0.140. The van der Waals surface area contributed by atoms with Crippen molar-refractivity contribution in [1.29, 1.82) is 0 Å². The normalized spacial score (nSPS) is 46.4. The zero-order chi connectivity index (χ0) is 10.0. The molecule has 0 aromatic rings. The molecule has 5 atom stereocenters. The van der Waals surface area contributed by atoms with E-state index < -0.39 is 30.6 Å². The minimum atomic E-state index is -1.03. The molecule has 0 aromatic heterocycles. The van der Waals surface area contributed by atoms with Gasteiger partial charge in [-0.3, -0.25) is 0 Å². The molecule has 13 heavy (non-hydrogen) atoms. The quantitative estimate of drug-likeness (QED) is 0.381. The molecule has 0 bridgehead atoms. The molecule has 0 amide bonds. The first-order valence-corrected chi connectivity index (χ1v) is 4.11. The van der Waals surface area contributed by atoms with E-state index in [-0.39, 0.29) is 6.54 Å². The van der Waals surface area contributed by atoms with Crippen molar-refractivity contribution in [2.24, 2.45) is 11.5 Å². The maximum absolute atomic E-state index is 9.48. The maximum atomic E-state index is 9.48. The number of aliphatic hydroxyl groups excluding tert-OH is 2. The van der Waals surface area contributed by atoms with E-state index in [0.29, 0.717) is 0 Å². The second kappa shape index (κ2) is 4.32. The number of hydrogen-bond donors (Lipinski definition) is 4. The zero-order valence-electron chi connectivity index (χ0n) is 7.46. The lowest BCUT2D eigenvalue weighted by molar-refractivity contribution is -0.259. The third-order valence-corrected chi connectivity index (χ3v) is 2.22. The Kier molecular flexibility index (Phi) is 3.60. The summed E-state index contributed by atoms with van der Waals surface area (Å²) in [5, 5.41) is 18.9. The van der Waals surface area contributed by atoms with Gasteiger partial charge in [-0.05, 0) is 0 Å². The topological polar surface area (TPSA) is 111 Å². The van der Waals surface area contributed by atoms with Crippen LogP contribution in [0.15, 0.2) is 0 Å². The van der Waals surface area contributed by atoms with Crippen molar-refractivity contribution in [3.05, 3.63) is 0 Å². The molecule has 0 aliphatic carbocycles. The molecule has 78 valence electrons. The van der Waals surface area contributed by atoms with Gasteiger partial charge in [-0.15, -0.1) is 0 Å². The van der Waals surface area contributed by atoms with Crippen LogP contribution in [-0.2, 0) is 9.47 Å². The van der Waals surface area contributed by atoms with E-state index in [1.54, 1.807) is 0 Å². The number of ether oxygens (including phenoxy) is 2. The second-order valence-electron chi connectivity index (χ2n) is 3.07. The van der Waals surface area contributed by atoms with Gasteiger partial charge in [0.1, 0.15) is 12.2 Å². The van der Waals surface area contributed by atoms with Crippen LogP contribution in [0.4, 0.5) is 0 Å². The molecule has 0 aromatic carbocycles. The van der Waals surface area contributed by atoms with Crippen molar-refractivity contribution in [1.82, 2.24) is 0 Å². The van der Waals surface area contributed by atoms with Gasteiger partial charge in [-0.1, -0.05) is 0 Å². The SMILES string of the molecule is CO[C@H]1O[C@H](CN)[C@@H](O)[C@H](N)[C@H]1O. The summed E-state index contributed by atoms with van der Waals surface area (Å²) in [6.07, 6.45) is -3.37. The van der Waals surface area contributed by atoms with E-state index in [0.717, 1.165) is 0 Å². The molecule has 0 unspecified atom stereocenters. The molecule has 0 spiro atoms. The molecule has 6 heteroatoms. The van der Waals surface area contributed by atoms with E-state index >= 15 is 0 Å². The van der Waals surface area contributed by atoms with Crippen LogP contribution in [0.5, 0.6) is 0 Å². The summed E-state index contributed by atoms with van der Waals surface area (Å²) in [4.78, 5) is 0. The van der Waals surface area contributed by atoms with Gasteiger partial charge in [-0.2, -0.15) is 0 Å². The Balaban J connectivity index is 2.66. The third kappa shape index (κ3) is 1.98. The summed E-state index contributed by atoms with van der Waals surface area (Å²) in [5.74, 6) is 0. The highest BCUT2D eigenvalue weighted by Crippen LogP contribution is 2.19. The predicted molar refractivity (Wildman–Crippen MR) is 44.7 cm³/mol. The van der Waals surface area contributed by atoms with Gasteiger partial charge >= 0.3 is 0 Å². The van der Waals surface area contributed by atoms with Crippen molar-refractivity contribution in [3.8, 4) is 0 Å². The van der Waals surface area contributed by atoms with E-state index in [1.165, 1.54) is 7.11 Å². The van der Waals surface area contributed by atoms with E-state index in [4.69, 9.17) is 20.9 Å². The van der Waals surface area contributed by atoms with Crippen LogP contribution >= 0.6 is 0 Å². The molecular weight excluding hydrogens is 176 g/mol. The third-order valence-electron chi connectivity index (χ3n) is 2.22. The van der Waals surface area contributed by atoms with Crippen LogP contribution in [0.25, 0.3) is 0 Å². The van der Waals surface area contributed by atoms with Gasteiger partial charge in [0.15, 0.2) is 6.29 Å². The molecule has 0 saturated carbocycles. The van der Waals surface area contributed by atoms with Crippen molar-refractivity contribution >= 4 is 0 Å². The lowest BCUT2D eigenvalue weighted by atomic mass is 9.97. The smallest absolute Gasteiger partial charge is 0.185 e. The Bertz CT molecular complexity index is 149. The average molecular weight is 192 g/mol. The Morgan fingerprint density at radius 3 is 2.46 bits per heavy atom. The zero-order valence-corrected chi connectivity index (χ0v) is 7.46. The molecule has 1 heterocycles. The van der Waals surface area contributed by atoms with Crippen LogP contribution in [0, 0.1) is 0 Å². The van der Waals surface area contributed by atoms with Crippen molar-refractivity contribution in [3.63, 3.8) is 0 Å². The number of hydrogen-bond acceptors (Lipinski definition) is 6. The number of rotatable bonds is 2. The molecule has 1 aliphatic rings. The van der Waals surface area contributed by atoms with Crippen molar-refractivity contribution in [2.75, 3.05) is 13.7 Å². The van der Waals surface area contributed by atoms with E-state index in [9.17, 15) is 10.2 Å². The monoisotopic (exact) mass is 192 g/mol. The summed E-state index contributed by atoms with van der Waals surface area (Å²) in [5.41, 5.74) is 10.9. The Morgan fingerprint density at radius 1 is 1.38 bits per heavy atom. The van der Waals surface area contributed by atoms with Crippen LogP contribution in [-0.4, -0.2) is 54.5 Å². The molecule has 0 radical (unpaired) electrons. The number of aliphatic hydroxyl groups is 2. The molecular formula is C7H16N2O4. The fourth-order valence-electron chi connectivity index (χ4n) is 1.35. The van der Waals surface area contributed by atoms with Gasteiger partial charge in [0.05, 0.1) is 12.1 Å². The van der Waals surface area contributed by atoms with Crippen molar-refractivity contribution < 1.29 is 19.7 Å². The Labute approximate surface area is 76.4 Å². The summed E-state index contributed by atoms with van der Waals surface area (Å²) < 4.78 is 9.99. The van der Waals surface area contributed by atoms with Crippen LogP contribution in [0.2, 0.25) is 0 Å². The summed E-state index contributed by atoms with van der Waals surface area (Å²) in [6, 6.07) is -0.785. The van der Waals surface area contributed by atoms with Gasteiger partial charge < -0.3 is 31.2 Å². The molecule has 1 saturated heterocycles. The van der Waals surface area contributed by atoms with E-state index in [2.05, 4.69) is 0 Å². The first-order valence-electron chi connectivity index (χ1n) is 4.11. The molecule has 6 N–H and O–H groups in total. The maximum Gasteiger partial charge on any atom is 0.185 e. The minimum absolute atomic E-state index is 0.140. The highest BCUT2D eigenvalue weighted by molar-refractivity contribution is 4.92.